The van der Waals surface area contributed by atoms with Crippen molar-refractivity contribution in [2.24, 2.45) is 0 Å². The van der Waals surface area contributed by atoms with Gasteiger partial charge in [0.1, 0.15) is 11.5 Å². The number of esters is 2. The van der Waals surface area contributed by atoms with E-state index < -0.39 is 11.9 Å². The van der Waals surface area contributed by atoms with E-state index in [1.807, 2.05) is 0 Å². The third-order valence-corrected chi connectivity index (χ3v) is 3.95. The van der Waals surface area contributed by atoms with Gasteiger partial charge in [-0.25, -0.2) is 0 Å². The lowest BCUT2D eigenvalue weighted by Gasteiger charge is -2.08. The van der Waals surface area contributed by atoms with Gasteiger partial charge >= 0.3 is 11.9 Å². The third kappa shape index (κ3) is 6.07. The summed E-state index contributed by atoms with van der Waals surface area (Å²) < 4.78 is 10.5. The smallest absolute Gasteiger partial charge is 0.311 e. The third-order valence-electron chi connectivity index (χ3n) is 3.48. The van der Waals surface area contributed by atoms with Crippen LogP contribution < -0.4 is 9.47 Å². The van der Waals surface area contributed by atoms with Gasteiger partial charge in [-0.3, -0.25) is 9.59 Å². The van der Waals surface area contributed by atoms with E-state index >= 15 is 0 Å². The minimum atomic E-state index is -0.402. The lowest BCUT2D eigenvalue weighted by molar-refractivity contribution is -0.136. The molecule has 2 aromatic carbocycles. The lowest BCUT2D eigenvalue weighted by atomic mass is 10.2. The number of carbonyl (C=O) groups excluding carboxylic acids is 2. The number of carbonyl (C=O) groups is 2. The molecule has 0 amide bonds. The Balaban J connectivity index is 1.77. The van der Waals surface area contributed by atoms with Crippen LogP contribution in [0.5, 0.6) is 11.5 Å². The zero-order chi connectivity index (χ0) is 18.4. The molecular weight excluding hydrogens is 363 g/mol. The first-order valence-electron chi connectivity index (χ1n) is 7.79. The van der Waals surface area contributed by atoms with Gasteiger partial charge in [-0.05, 0) is 67.8 Å². The number of aryl methyl sites for hydroxylation is 2. The summed E-state index contributed by atoms with van der Waals surface area (Å²) in [5, 5.41) is 1.16. The number of benzene rings is 2. The highest BCUT2D eigenvalue weighted by Gasteiger charge is 2.11. The fourth-order valence-electron chi connectivity index (χ4n) is 2.18. The van der Waals surface area contributed by atoms with Crippen molar-refractivity contribution in [1.82, 2.24) is 0 Å². The molecule has 2 aromatic rings. The molecule has 0 aliphatic carbocycles. The molecule has 6 heteroatoms. The van der Waals surface area contributed by atoms with E-state index in [9.17, 15) is 9.59 Å². The maximum atomic E-state index is 11.9. The van der Waals surface area contributed by atoms with Crippen LogP contribution in [0.2, 0.25) is 10.0 Å². The van der Waals surface area contributed by atoms with Gasteiger partial charge in [-0.15, -0.1) is 0 Å². The van der Waals surface area contributed by atoms with Gasteiger partial charge in [-0.2, -0.15) is 0 Å². The second-order valence-electron chi connectivity index (χ2n) is 5.62. The Kier molecular flexibility index (Phi) is 6.85. The Labute approximate surface area is 156 Å². The van der Waals surface area contributed by atoms with Crippen LogP contribution in [0.15, 0.2) is 36.4 Å². The summed E-state index contributed by atoms with van der Waals surface area (Å²) in [4.78, 5) is 23.7. The van der Waals surface area contributed by atoms with Crippen LogP contribution in [0.25, 0.3) is 0 Å². The van der Waals surface area contributed by atoms with Crippen LogP contribution in [0, 0.1) is 13.8 Å². The molecule has 0 saturated carbocycles. The second-order valence-corrected chi connectivity index (χ2v) is 6.49. The molecule has 4 nitrogen and oxygen atoms in total. The Hall–Kier alpha value is -2.04. The second kappa shape index (κ2) is 8.88. The number of ether oxygens (including phenoxy) is 2. The Morgan fingerprint density at radius 3 is 1.56 bits per heavy atom. The van der Waals surface area contributed by atoms with Gasteiger partial charge in [0.25, 0.3) is 0 Å². The van der Waals surface area contributed by atoms with Crippen LogP contribution in [0.3, 0.4) is 0 Å². The zero-order valence-corrected chi connectivity index (χ0v) is 15.5. The summed E-state index contributed by atoms with van der Waals surface area (Å²) in [6.45, 7) is 3.61. The van der Waals surface area contributed by atoms with E-state index in [1.165, 1.54) is 0 Å². The van der Waals surface area contributed by atoms with Crippen LogP contribution in [0.1, 0.15) is 30.4 Å². The molecule has 25 heavy (non-hydrogen) atoms. The number of halogens is 2. The highest BCUT2D eigenvalue weighted by molar-refractivity contribution is 6.31. The molecule has 0 spiro atoms. The van der Waals surface area contributed by atoms with Gasteiger partial charge in [0.15, 0.2) is 0 Å². The maximum absolute atomic E-state index is 11.9. The van der Waals surface area contributed by atoms with E-state index in [2.05, 4.69) is 0 Å². The first-order chi connectivity index (χ1) is 11.8. The molecule has 0 aliphatic rings. The molecular formula is C19H18Cl2O4. The minimum Gasteiger partial charge on any atom is -0.426 e. The summed E-state index contributed by atoms with van der Waals surface area (Å²) in [6.07, 6.45) is 0.588. The molecule has 0 atom stereocenters. The SMILES string of the molecule is Cc1cc(Cl)ccc1OC(=O)CCCC(=O)Oc1ccc(Cl)cc1C. The molecule has 0 bridgehead atoms. The minimum absolute atomic E-state index is 0.122. The first-order valence-corrected chi connectivity index (χ1v) is 8.54. The van der Waals surface area contributed by atoms with Crippen molar-refractivity contribution in [2.45, 2.75) is 33.1 Å². The molecule has 0 saturated heterocycles. The average molecular weight is 381 g/mol. The van der Waals surface area contributed by atoms with Crippen molar-refractivity contribution in [3.8, 4) is 11.5 Å². The van der Waals surface area contributed by atoms with Gasteiger partial charge in [0.05, 0.1) is 0 Å². The number of hydrogen-bond donors (Lipinski definition) is 0. The lowest BCUT2D eigenvalue weighted by Crippen LogP contribution is -2.12. The predicted molar refractivity (Wildman–Crippen MR) is 97.5 cm³/mol. The van der Waals surface area contributed by atoms with Gasteiger partial charge in [0.2, 0.25) is 0 Å². The highest BCUT2D eigenvalue weighted by atomic mass is 35.5. The quantitative estimate of drug-likeness (QED) is 0.504. The predicted octanol–water partition coefficient (Wildman–Crippen LogP) is 5.29. The van der Waals surface area contributed by atoms with E-state index in [1.54, 1.807) is 50.2 Å². The van der Waals surface area contributed by atoms with Crippen LogP contribution in [-0.2, 0) is 9.59 Å². The van der Waals surface area contributed by atoms with Crippen molar-refractivity contribution in [1.29, 1.82) is 0 Å². The average Bonchev–Trinajstić information content (AvgIpc) is 2.53. The summed E-state index contributed by atoms with van der Waals surface area (Å²) in [5.41, 5.74) is 1.55. The standard InChI is InChI=1S/C19H18Cl2O4/c1-12-10-14(20)6-8-16(12)24-18(22)4-3-5-19(23)25-17-9-7-15(21)11-13(17)2/h6-11H,3-5H2,1-2H3. The molecule has 0 fully saturated rings. The van der Waals surface area contributed by atoms with Gasteiger partial charge < -0.3 is 9.47 Å². The monoisotopic (exact) mass is 380 g/mol. The van der Waals surface area contributed by atoms with Crippen molar-refractivity contribution in [3.63, 3.8) is 0 Å². The number of rotatable bonds is 6. The normalized spacial score (nSPS) is 10.4. The highest BCUT2D eigenvalue weighted by Crippen LogP contribution is 2.23. The summed E-state index contributed by atoms with van der Waals surface area (Å²) in [7, 11) is 0. The van der Waals surface area contributed by atoms with Crippen LogP contribution >= 0.6 is 23.2 Å². The van der Waals surface area contributed by atoms with E-state index in [4.69, 9.17) is 32.7 Å². The Bertz CT molecular complexity index is 721. The van der Waals surface area contributed by atoms with E-state index in [-0.39, 0.29) is 12.8 Å². The van der Waals surface area contributed by atoms with Crippen molar-refractivity contribution in [3.05, 3.63) is 57.6 Å². The van der Waals surface area contributed by atoms with Crippen molar-refractivity contribution in [2.75, 3.05) is 0 Å². The molecule has 0 aliphatic heterocycles. The molecule has 132 valence electrons. The molecule has 2 rings (SSSR count). The molecule has 0 aromatic heterocycles. The first kappa shape index (κ1) is 19.3. The molecule has 0 radical (unpaired) electrons. The fourth-order valence-corrected chi connectivity index (χ4v) is 2.63. The molecule has 0 N–H and O–H groups in total. The van der Waals surface area contributed by atoms with E-state index in [0.29, 0.717) is 28.0 Å². The van der Waals surface area contributed by atoms with E-state index in [0.717, 1.165) is 11.1 Å². The summed E-state index contributed by atoms with van der Waals surface area (Å²) in [5.74, 6) is 0.129. The van der Waals surface area contributed by atoms with Crippen molar-refractivity contribution >= 4 is 35.1 Å². The Morgan fingerprint density at radius 1 is 0.800 bits per heavy atom. The van der Waals surface area contributed by atoms with Crippen LogP contribution in [0.4, 0.5) is 0 Å². The largest absolute Gasteiger partial charge is 0.426 e. The summed E-state index contributed by atoms with van der Waals surface area (Å²) in [6, 6.07) is 10.0. The van der Waals surface area contributed by atoms with Crippen molar-refractivity contribution < 1.29 is 19.1 Å². The zero-order valence-electron chi connectivity index (χ0n) is 14.0. The van der Waals surface area contributed by atoms with Gasteiger partial charge in [0, 0.05) is 22.9 Å². The molecule has 0 unspecified atom stereocenters. The maximum Gasteiger partial charge on any atom is 0.311 e. The topological polar surface area (TPSA) is 52.6 Å². The van der Waals surface area contributed by atoms with Crippen LogP contribution in [-0.4, -0.2) is 11.9 Å². The Morgan fingerprint density at radius 2 is 1.20 bits per heavy atom. The van der Waals surface area contributed by atoms with Gasteiger partial charge in [-0.1, -0.05) is 23.2 Å². The number of hydrogen-bond acceptors (Lipinski definition) is 4. The fraction of sp³-hybridized carbons (Fsp3) is 0.263. The summed E-state index contributed by atoms with van der Waals surface area (Å²) >= 11 is 11.7. The molecule has 0 heterocycles.